The monoisotopic (exact) mass is 351 g/mol. The van der Waals surface area contributed by atoms with Crippen LogP contribution in [0, 0.1) is 5.92 Å². The SMILES string of the molecule is C=CCC(CC)C(C)c1ccc(Oc2ccc(C(=O)N(C)C)cc2)cc1. The van der Waals surface area contributed by atoms with Crippen molar-refractivity contribution in [3.8, 4) is 11.5 Å². The van der Waals surface area contributed by atoms with E-state index in [-0.39, 0.29) is 5.91 Å². The molecule has 0 spiro atoms. The van der Waals surface area contributed by atoms with Gasteiger partial charge in [0.05, 0.1) is 0 Å². The van der Waals surface area contributed by atoms with Crippen molar-refractivity contribution in [1.82, 2.24) is 4.90 Å². The second-order valence-corrected chi connectivity index (χ2v) is 6.88. The molecule has 0 fully saturated rings. The van der Waals surface area contributed by atoms with Gasteiger partial charge in [-0.2, -0.15) is 0 Å². The van der Waals surface area contributed by atoms with Crippen LogP contribution >= 0.6 is 0 Å². The molecule has 2 rings (SSSR count). The number of amides is 1. The summed E-state index contributed by atoms with van der Waals surface area (Å²) in [6.45, 7) is 8.37. The third kappa shape index (κ3) is 4.98. The first-order valence-electron chi connectivity index (χ1n) is 9.16. The predicted molar refractivity (Wildman–Crippen MR) is 108 cm³/mol. The van der Waals surface area contributed by atoms with Gasteiger partial charge in [-0.1, -0.05) is 38.5 Å². The molecule has 2 atom stereocenters. The van der Waals surface area contributed by atoms with Gasteiger partial charge in [0.1, 0.15) is 11.5 Å². The molecule has 0 heterocycles. The van der Waals surface area contributed by atoms with Crippen molar-refractivity contribution in [3.05, 3.63) is 72.3 Å². The maximum absolute atomic E-state index is 11.9. The lowest BCUT2D eigenvalue weighted by Crippen LogP contribution is -2.21. The second kappa shape index (κ2) is 9.23. The fourth-order valence-corrected chi connectivity index (χ4v) is 3.11. The Kier molecular flexibility index (Phi) is 7.02. The van der Waals surface area contributed by atoms with Crippen molar-refractivity contribution in [3.63, 3.8) is 0 Å². The van der Waals surface area contributed by atoms with E-state index in [2.05, 4.69) is 32.6 Å². The van der Waals surface area contributed by atoms with Crippen LogP contribution in [0.25, 0.3) is 0 Å². The molecule has 2 aromatic carbocycles. The third-order valence-corrected chi connectivity index (χ3v) is 4.85. The minimum Gasteiger partial charge on any atom is -0.457 e. The number of carbonyl (C=O) groups is 1. The minimum absolute atomic E-state index is 0.0140. The molecule has 0 aliphatic heterocycles. The summed E-state index contributed by atoms with van der Waals surface area (Å²) in [5.41, 5.74) is 1.97. The molecule has 0 aliphatic rings. The zero-order chi connectivity index (χ0) is 19.1. The number of rotatable bonds is 8. The summed E-state index contributed by atoms with van der Waals surface area (Å²) in [4.78, 5) is 13.5. The number of allylic oxidation sites excluding steroid dienone is 1. The van der Waals surface area contributed by atoms with E-state index in [1.165, 1.54) is 5.56 Å². The molecule has 1 amide bonds. The van der Waals surface area contributed by atoms with Crippen molar-refractivity contribution >= 4 is 5.91 Å². The summed E-state index contributed by atoms with van der Waals surface area (Å²) >= 11 is 0. The largest absolute Gasteiger partial charge is 0.457 e. The van der Waals surface area contributed by atoms with E-state index in [1.54, 1.807) is 31.1 Å². The Morgan fingerprint density at radius 1 is 1.08 bits per heavy atom. The van der Waals surface area contributed by atoms with Crippen molar-refractivity contribution in [2.24, 2.45) is 5.92 Å². The fourth-order valence-electron chi connectivity index (χ4n) is 3.11. The van der Waals surface area contributed by atoms with Gasteiger partial charge in [0, 0.05) is 19.7 Å². The molecule has 0 radical (unpaired) electrons. The summed E-state index contributed by atoms with van der Waals surface area (Å²) in [6.07, 6.45) is 4.18. The highest BCUT2D eigenvalue weighted by Crippen LogP contribution is 2.31. The quantitative estimate of drug-likeness (QED) is 0.555. The molecule has 0 aromatic heterocycles. The Labute approximate surface area is 157 Å². The Morgan fingerprint density at radius 2 is 1.62 bits per heavy atom. The van der Waals surface area contributed by atoms with Gasteiger partial charge >= 0.3 is 0 Å². The van der Waals surface area contributed by atoms with Crippen molar-refractivity contribution in [1.29, 1.82) is 0 Å². The molecule has 0 N–H and O–H groups in total. The standard InChI is InChI=1S/C23H29NO2/c1-6-8-18(7-2)17(3)19-9-13-21(14-10-19)26-22-15-11-20(12-16-22)23(25)24(4)5/h6,9-18H,1,7-8H2,2-5H3. The molecule has 0 saturated carbocycles. The third-order valence-electron chi connectivity index (χ3n) is 4.85. The maximum Gasteiger partial charge on any atom is 0.253 e. The van der Waals surface area contributed by atoms with Crippen LogP contribution in [0.3, 0.4) is 0 Å². The summed E-state index contributed by atoms with van der Waals surface area (Å²) in [6, 6.07) is 15.5. The summed E-state index contributed by atoms with van der Waals surface area (Å²) in [5.74, 6) is 2.60. The highest BCUT2D eigenvalue weighted by molar-refractivity contribution is 5.93. The second-order valence-electron chi connectivity index (χ2n) is 6.88. The van der Waals surface area contributed by atoms with E-state index in [4.69, 9.17) is 4.74 Å². The van der Waals surface area contributed by atoms with Crippen LogP contribution in [-0.4, -0.2) is 24.9 Å². The molecular formula is C23H29NO2. The summed E-state index contributed by atoms with van der Waals surface area (Å²) in [7, 11) is 3.49. The Morgan fingerprint density at radius 3 is 2.08 bits per heavy atom. The van der Waals surface area contributed by atoms with Gasteiger partial charge in [0.15, 0.2) is 0 Å². The average Bonchev–Trinajstić information content (AvgIpc) is 2.66. The normalized spacial score (nSPS) is 12.9. The average molecular weight is 351 g/mol. The maximum atomic E-state index is 11.9. The smallest absolute Gasteiger partial charge is 0.253 e. The zero-order valence-electron chi connectivity index (χ0n) is 16.2. The summed E-state index contributed by atoms with van der Waals surface area (Å²) < 4.78 is 5.90. The summed E-state index contributed by atoms with van der Waals surface area (Å²) in [5, 5.41) is 0. The van der Waals surface area contributed by atoms with Gasteiger partial charge in [-0.05, 0) is 60.2 Å². The molecular weight excluding hydrogens is 322 g/mol. The number of nitrogens with zero attached hydrogens (tertiary/aromatic N) is 1. The molecule has 0 bridgehead atoms. The Hall–Kier alpha value is -2.55. The lowest BCUT2D eigenvalue weighted by atomic mass is 9.84. The topological polar surface area (TPSA) is 29.5 Å². The number of hydrogen-bond acceptors (Lipinski definition) is 2. The minimum atomic E-state index is -0.0140. The first kappa shape index (κ1) is 19.8. The Bertz CT molecular complexity index is 717. The van der Waals surface area contributed by atoms with Crippen LogP contribution < -0.4 is 4.74 Å². The zero-order valence-corrected chi connectivity index (χ0v) is 16.2. The number of benzene rings is 2. The van der Waals surface area contributed by atoms with Gasteiger partial charge in [0.25, 0.3) is 5.91 Å². The molecule has 3 heteroatoms. The first-order chi connectivity index (χ1) is 12.5. The van der Waals surface area contributed by atoms with Gasteiger partial charge < -0.3 is 9.64 Å². The van der Waals surface area contributed by atoms with Crippen LogP contribution in [0.5, 0.6) is 11.5 Å². The highest BCUT2D eigenvalue weighted by atomic mass is 16.5. The number of hydrogen-bond donors (Lipinski definition) is 0. The molecule has 26 heavy (non-hydrogen) atoms. The van der Waals surface area contributed by atoms with Crippen LogP contribution in [-0.2, 0) is 0 Å². The van der Waals surface area contributed by atoms with Gasteiger partial charge in [-0.25, -0.2) is 0 Å². The number of ether oxygens (including phenoxy) is 1. The molecule has 3 nitrogen and oxygen atoms in total. The van der Waals surface area contributed by atoms with E-state index >= 15 is 0 Å². The van der Waals surface area contributed by atoms with Gasteiger partial charge in [-0.15, -0.1) is 6.58 Å². The van der Waals surface area contributed by atoms with E-state index in [1.807, 2.05) is 30.3 Å². The molecule has 0 saturated heterocycles. The highest BCUT2D eigenvalue weighted by Gasteiger charge is 2.16. The molecule has 2 unspecified atom stereocenters. The Balaban J connectivity index is 2.05. The van der Waals surface area contributed by atoms with Crippen LogP contribution in [0.4, 0.5) is 0 Å². The first-order valence-corrected chi connectivity index (χ1v) is 9.16. The van der Waals surface area contributed by atoms with E-state index < -0.39 is 0 Å². The fraction of sp³-hybridized carbons (Fsp3) is 0.348. The van der Waals surface area contributed by atoms with E-state index in [0.717, 1.165) is 24.3 Å². The lowest BCUT2D eigenvalue weighted by Gasteiger charge is -2.22. The van der Waals surface area contributed by atoms with Crippen LogP contribution in [0.15, 0.2) is 61.2 Å². The van der Waals surface area contributed by atoms with E-state index in [9.17, 15) is 4.79 Å². The number of carbonyl (C=O) groups excluding carboxylic acids is 1. The predicted octanol–water partition coefficient (Wildman–Crippen LogP) is 5.89. The van der Waals surface area contributed by atoms with Gasteiger partial charge in [-0.3, -0.25) is 4.79 Å². The van der Waals surface area contributed by atoms with Crippen LogP contribution in [0.2, 0.25) is 0 Å². The van der Waals surface area contributed by atoms with E-state index in [0.29, 0.717) is 17.4 Å². The molecule has 138 valence electrons. The molecule has 2 aromatic rings. The van der Waals surface area contributed by atoms with Gasteiger partial charge in [0.2, 0.25) is 0 Å². The van der Waals surface area contributed by atoms with Crippen molar-refractivity contribution in [2.75, 3.05) is 14.1 Å². The lowest BCUT2D eigenvalue weighted by molar-refractivity contribution is 0.0827. The van der Waals surface area contributed by atoms with Crippen molar-refractivity contribution in [2.45, 2.75) is 32.6 Å². The van der Waals surface area contributed by atoms with Crippen LogP contribution in [0.1, 0.15) is 48.5 Å². The van der Waals surface area contributed by atoms with Crippen molar-refractivity contribution < 1.29 is 9.53 Å². The molecule has 0 aliphatic carbocycles.